The van der Waals surface area contributed by atoms with Crippen molar-refractivity contribution in [1.82, 2.24) is 9.97 Å². The maximum absolute atomic E-state index is 5.25. The summed E-state index contributed by atoms with van der Waals surface area (Å²) < 4.78 is 5.82. The summed E-state index contributed by atoms with van der Waals surface area (Å²) in [6.45, 7) is 2.12. The van der Waals surface area contributed by atoms with Crippen LogP contribution >= 0.6 is 12.2 Å². The SMILES string of the molecule is COc1ccc(C(C)Nc2cc(=S)nc(C3CC3)[nH]2)cc1. The zero-order valence-corrected chi connectivity index (χ0v) is 13.0. The van der Waals surface area contributed by atoms with Crippen molar-refractivity contribution in [3.63, 3.8) is 0 Å². The molecule has 0 amide bonds. The standard InChI is InChI=1S/C16H19N3OS/c1-10(11-5-7-13(20-2)8-6-11)17-14-9-15(21)19-16(18-14)12-3-4-12/h5-10,12H,3-4H2,1-2H3,(H2,17,18,19,21). The molecule has 110 valence electrons. The summed E-state index contributed by atoms with van der Waals surface area (Å²) in [6.07, 6.45) is 2.41. The Bertz CT molecular complexity index is 677. The van der Waals surface area contributed by atoms with E-state index in [-0.39, 0.29) is 6.04 Å². The number of methoxy groups -OCH3 is 1. The molecule has 4 nitrogen and oxygen atoms in total. The zero-order valence-electron chi connectivity index (χ0n) is 12.2. The van der Waals surface area contributed by atoms with E-state index in [1.807, 2.05) is 18.2 Å². The Morgan fingerprint density at radius 3 is 2.67 bits per heavy atom. The molecule has 21 heavy (non-hydrogen) atoms. The third-order valence-corrected chi connectivity index (χ3v) is 3.92. The number of aromatic amines is 1. The van der Waals surface area contributed by atoms with Crippen molar-refractivity contribution >= 4 is 18.0 Å². The van der Waals surface area contributed by atoms with E-state index >= 15 is 0 Å². The lowest BCUT2D eigenvalue weighted by molar-refractivity contribution is 0.414. The average molecular weight is 301 g/mol. The Hall–Kier alpha value is -1.88. The molecule has 0 aliphatic heterocycles. The van der Waals surface area contributed by atoms with Gasteiger partial charge in [0.15, 0.2) is 0 Å². The predicted molar refractivity (Wildman–Crippen MR) is 86.4 cm³/mol. The molecule has 0 bridgehead atoms. The highest BCUT2D eigenvalue weighted by Crippen LogP contribution is 2.38. The first-order valence-electron chi connectivity index (χ1n) is 7.17. The van der Waals surface area contributed by atoms with Crippen molar-refractivity contribution in [3.8, 4) is 5.75 Å². The molecule has 1 aromatic carbocycles. The second kappa shape index (κ2) is 5.85. The molecule has 1 aliphatic carbocycles. The molecule has 1 atom stereocenters. The highest BCUT2D eigenvalue weighted by molar-refractivity contribution is 7.71. The van der Waals surface area contributed by atoms with E-state index in [1.165, 1.54) is 18.4 Å². The van der Waals surface area contributed by atoms with Crippen LogP contribution < -0.4 is 10.1 Å². The van der Waals surface area contributed by atoms with Gasteiger partial charge in [-0.15, -0.1) is 0 Å². The lowest BCUT2D eigenvalue weighted by atomic mass is 10.1. The molecule has 1 aliphatic rings. The van der Waals surface area contributed by atoms with E-state index in [1.54, 1.807) is 7.11 Å². The third-order valence-electron chi connectivity index (χ3n) is 3.71. The number of hydrogen-bond acceptors (Lipinski definition) is 4. The highest BCUT2D eigenvalue weighted by atomic mass is 32.1. The number of nitrogens with one attached hydrogen (secondary N) is 2. The van der Waals surface area contributed by atoms with Gasteiger partial charge in [-0.2, -0.15) is 0 Å². The Morgan fingerprint density at radius 1 is 1.33 bits per heavy atom. The molecule has 2 aromatic rings. The van der Waals surface area contributed by atoms with Gasteiger partial charge in [0.1, 0.15) is 22.0 Å². The highest BCUT2D eigenvalue weighted by Gasteiger charge is 2.26. The van der Waals surface area contributed by atoms with E-state index in [0.717, 1.165) is 17.4 Å². The van der Waals surface area contributed by atoms with Crippen LogP contribution in [0.1, 0.15) is 43.1 Å². The lowest BCUT2D eigenvalue weighted by Gasteiger charge is -2.16. The second-order valence-corrected chi connectivity index (χ2v) is 5.85. The minimum absolute atomic E-state index is 0.177. The molecular formula is C16H19N3OS. The van der Waals surface area contributed by atoms with Crippen LogP contribution in [0.2, 0.25) is 0 Å². The van der Waals surface area contributed by atoms with Gasteiger partial charge >= 0.3 is 0 Å². The number of hydrogen-bond donors (Lipinski definition) is 2. The number of rotatable bonds is 5. The number of anilines is 1. The van der Waals surface area contributed by atoms with E-state index in [4.69, 9.17) is 17.0 Å². The number of aromatic nitrogens is 2. The summed E-state index contributed by atoms with van der Waals surface area (Å²) in [5.74, 6) is 3.36. The van der Waals surface area contributed by atoms with Gasteiger partial charge in [-0.05, 0) is 37.5 Å². The van der Waals surface area contributed by atoms with Gasteiger partial charge in [-0.1, -0.05) is 24.4 Å². The largest absolute Gasteiger partial charge is 0.497 e. The molecule has 1 heterocycles. The Balaban J connectivity index is 1.77. The van der Waals surface area contributed by atoms with Crippen molar-refractivity contribution in [2.45, 2.75) is 31.7 Å². The molecule has 1 saturated carbocycles. The molecule has 1 aromatic heterocycles. The van der Waals surface area contributed by atoms with Crippen molar-refractivity contribution in [1.29, 1.82) is 0 Å². The normalized spacial score (nSPS) is 15.5. The number of benzene rings is 1. The minimum Gasteiger partial charge on any atom is -0.497 e. The van der Waals surface area contributed by atoms with Crippen LogP contribution in [0.15, 0.2) is 30.3 Å². The Morgan fingerprint density at radius 2 is 2.05 bits per heavy atom. The fourth-order valence-electron chi connectivity index (χ4n) is 2.31. The Labute approximate surface area is 129 Å². The average Bonchev–Trinajstić information content (AvgIpc) is 3.31. The first kappa shape index (κ1) is 14.1. The van der Waals surface area contributed by atoms with Gasteiger partial charge in [0.2, 0.25) is 0 Å². The van der Waals surface area contributed by atoms with E-state index in [0.29, 0.717) is 10.6 Å². The van der Waals surface area contributed by atoms with Gasteiger partial charge < -0.3 is 15.0 Å². The smallest absolute Gasteiger partial charge is 0.131 e. The number of ether oxygens (including phenoxy) is 1. The van der Waals surface area contributed by atoms with Gasteiger partial charge in [-0.25, -0.2) is 4.98 Å². The lowest BCUT2D eigenvalue weighted by Crippen LogP contribution is -2.09. The van der Waals surface area contributed by atoms with Crippen molar-refractivity contribution in [2.24, 2.45) is 0 Å². The maximum Gasteiger partial charge on any atom is 0.131 e. The topological polar surface area (TPSA) is 49.9 Å². The molecule has 1 fully saturated rings. The summed E-state index contributed by atoms with van der Waals surface area (Å²) in [4.78, 5) is 7.76. The molecule has 1 unspecified atom stereocenters. The molecule has 0 spiro atoms. The van der Waals surface area contributed by atoms with Crippen molar-refractivity contribution in [2.75, 3.05) is 12.4 Å². The summed E-state index contributed by atoms with van der Waals surface area (Å²) in [5, 5.41) is 3.46. The van der Waals surface area contributed by atoms with Gasteiger partial charge in [0.05, 0.1) is 7.11 Å². The fourth-order valence-corrected chi connectivity index (χ4v) is 2.53. The van der Waals surface area contributed by atoms with Crippen LogP contribution in [0.25, 0.3) is 0 Å². The van der Waals surface area contributed by atoms with Gasteiger partial charge in [0, 0.05) is 18.0 Å². The Kier molecular flexibility index (Phi) is 3.92. The van der Waals surface area contributed by atoms with Crippen LogP contribution in [0, 0.1) is 4.64 Å². The van der Waals surface area contributed by atoms with Crippen LogP contribution in [0.5, 0.6) is 5.75 Å². The third kappa shape index (κ3) is 3.42. The fraction of sp³-hybridized carbons (Fsp3) is 0.375. The van der Waals surface area contributed by atoms with Crippen molar-refractivity contribution in [3.05, 3.63) is 46.4 Å². The van der Waals surface area contributed by atoms with Crippen LogP contribution in [-0.4, -0.2) is 17.1 Å². The van der Waals surface area contributed by atoms with Crippen molar-refractivity contribution < 1.29 is 4.74 Å². The van der Waals surface area contributed by atoms with Crippen LogP contribution in [-0.2, 0) is 0 Å². The molecule has 3 rings (SSSR count). The molecule has 0 radical (unpaired) electrons. The summed E-state index contributed by atoms with van der Waals surface area (Å²) in [7, 11) is 1.67. The summed E-state index contributed by atoms with van der Waals surface area (Å²) in [5.41, 5.74) is 1.19. The first-order valence-corrected chi connectivity index (χ1v) is 7.58. The van der Waals surface area contributed by atoms with Gasteiger partial charge in [-0.3, -0.25) is 0 Å². The molecule has 2 N–H and O–H groups in total. The molecule has 5 heteroatoms. The molecular weight excluding hydrogens is 282 g/mol. The van der Waals surface area contributed by atoms with E-state index in [9.17, 15) is 0 Å². The summed E-state index contributed by atoms with van der Waals surface area (Å²) in [6, 6.07) is 10.1. The second-order valence-electron chi connectivity index (χ2n) is 5.43. The number of nitrogens with zero attached hydrogens (tertiary/aromatic N) is 1. The molecule has 0 saturated heterocycles. The summed E-state index contributed by atoms with van der Waals surface area (Å²) >= 11 is 5.25. The quantitative estimate of drug-likeness (QED) is 0.813. The van der Waals surface area contributed by atoms with E-state index < -0.39 is 0 Å². The number of H-pyrrole nitrogens is 1. The maximum atomic E-state index is 5.25. The first-order chi connectivity index (χ1) is 10.2. The van der Waals surface area contributed by atoms with Crippen LogP contribution in [0.4, 0.5) is 5.82 Å². The minimum atomic E-state index is 0.177. The van der Waals surface area contributed by atoms with Gasteiger partial charge in [0.25, 0.3) is 0 Å². The predicted octanol–water partition coefficient (Wildman–Crippen LogP) is 4.20. The van der Waals surface area contributed by atoms with E-state index in [2.05, 4.69) is 34.3 Å². The zero-order chi connectivity index (χ0) is 14.8. The monoisotopic (exact) mass is 301 g/mol. The van der Waals surface area contributed by atoms with Crippen LogP contribution in [0.3, 0.4) is 0 Å².